The van der Waals surface area contributed by atoms with Gasteiger partial charge in [-0.3, -0.25) is 4.79 Å². The highest BCUT2D eigenvalue weighted by Gasteiger charge is 2.25. The molecule has 3 nitrogen and oxygen atoms in total. The molecule has 0 unspecified atom stereocenters. The van der Waals surface area contributed by atoms with Gasteiger partial charge in [-0.15, -0.1) is 0 Å². The van der Waals surface area contributed by atoms with Gasteiger partial charge in [0.2, 0.25) is 5.91 Å². The number of aliphatic hydroxyl groups is 1. The van der Waals surface area contributed by atoms with Crippen LogP contribution in [0.1, 0.15) is 27.7 Å². The summed E-state index contributed by atoms with van der Waals surface area (Å²) in [6.45, 7) is 7.60. The normalized spacial score (nSPS) is 16.1. The van der Waals surface area contributed by atoms with Crippen molar-refractivity contribution in [3.8, 4) is 0 Å². The predicted molar refractivity (Wildman–Crippen MR) is 61.5 cm³/mol. The van der Waals surface area contributed by atoms with Crippen molar-refractivity contribution in [1.29, 1.82) is 0 Å². The lowest BCUT2D eigenvalue weighted by Gasteiger charge is -2.25. The Balaban J connectivity index is 4.00. The van der Waals surface area contributed by atoms with E-state index in [-0.39, 0.29) is 5.91 Å². The summed E-state index contributed by atoms with van der Waals surface area (Å²) in [6.07, 6.45) is 1.93. The minimum Gasteiger partial charge on any atom is -0.387 e. The van der Waals surface area contributed by atoms with Crippen LogP contribution in [-0.4, -0.2) is 35.2 Å². The second-order valence-corrected chi connectivity index (χ2v) is 5.73. The van der Waals surface area contributed by atoms with E-state index in [2.05, 4.69) is 5.32 Å². The van der Waals surface area contributed by atoms with E-state index in [1.54, 1.807) is 18.7 Å². The van der Waals surface area contributed by atoms with Gasteiger partial charge in [0.05, 0.1) is 5.60 Å². The number of rotatable bonds is 4. The SMILES string of the molecule is CSC[C@](C)(O)CNC(=O)C(C)(C)C. The van der Waals surface area contributed by atoms with Crippen LogP contribution in [0.4, 0.5) is 0 Å². The van der Waals surface area contributed by atoms with Gasteiger partial charge in [0.25, 0.3) is 0 Å². The number of thioether (sulfide) groups is 1. The number of amides is 1. The lowest BCUT2D eigenvalue weighted by Crippen LogP contribution is -2.45. The lowest BCUT2D eigenvalue weighted by atomic mass is 9.95. The highest BCUT2D eigenvalue weighted by atomic mass is 32.2. The summed E-state index contributed by atoms with van der Waals surface area (Å²) >= 11 is 1.57. The highest BCUT2D eigenvalue weighted by Crippen LogP contribution is 2.14. The summed E-state index contributed by atoms with van der Waals surface area (Å²) < 4.78 is 0. The Hall–Kier alpha value is -0.220. The standard InChI is InChI=1S/C10H21NO2S/c1-9(2,3)8(12)11-6-10(4,13)7-14-5/h13H,6-7H2,1-5H3,(H,11,12)/t10-/m1/s1. The Morgan fingerprint density at radius 2 is 1.86 bits per heavy atom. The molecule has 0 aromatic heterocycles. The number of carbonyl (C=O) groups excluding carboxylic acids is 1. The molecule has 0 saturated carbocycles. The minimum atomic E-state index is -0.819. The molecule has 0 saturated heterocycles. The van der Waals surface area contributed by atoms with Crippen molar-refractivity contribution in [2.24, 2.45) is 5.41 Å². The van der Waals surface area contributed by atoms with Crippen molar-refractivity contribution in [2.75, 3.05) is 18.6 Å². The summed E-state index contributed by atoms with van der Waals surface area (Å²) in [5.74, 6) is 0.594. The first-order chi connectivity index (χ1) is 6.19. The molecule has 2 N–H and O–H groups in total. The van der Waals surface area contributed by atoms with Gasteiger partial charge in [0.1, 0.15) is 0 Å². The molecule has 0 bridgehead atoms. The lowest BCUT2D eigenvalue weighted by molar-refractivity contribution is -0.129. The van der Waals surface area contributed by atoms with Crippen LogP contribution in [-0.2, 0) is 4.79 Å². The van der Waals surface area contributed by atoms with E-state index in [0.717, 1.165) is 0 Å². The fraction of sp³-hybridized carbons (Fsp3) is 0.900. The van der Waals surface area contributed by atoms with Crippen LogP contribution < -0.4 is 5.32 Å². The molecular weight excluding hydrogens is 198 g/mol. The quantitative estimate of drug-likeness (QED) is 0.748. The van der Waals surface area contributed by atoms with E-state index >= 15 is 0 Å². The summed E-state index contributed by atoms with van der Waals surface area (Å²) in [5.41, 5.74) is -1.21. The molecule has 0 fully saturated rings. The van der Waals surface area contributed by atoms with Gasteiger partial charge in [-0.25, -0.2) is 0 Å². The Morgan fingerprint density at radius 3 is 2.21 bits per heavy atom. The summed E-state index contributed by atoms with van der Waals surface area (Å²) in [7, 11) is 0. The third-order valence-corrected chi connectivity index (χ3v) is 2.68. The van der Waals surface area contributed by atoms with E-state index in [9.17, 15) is 9.90 Å². The summed E-state index contributed by atoms with van der Waals surface area (Å²) in [5, 5.41) is 12.5. The number of carbonyl (C=O) groups is 1. The maximum absolute atomic E-state index is 11.5. The molecule has 4 heteroatoms. The van der Waals surface area contributed by atoms with Crippen LogP contribution in [0.5, 0.6) is 0 Å². The van der Waals surface area contributed by atoms with Crippen molar-refractivity contribution in [3.05, 3.63) is 0 Å². The zero-order chi connectivity index (χ0) is 11.4. The fourth-order valence-corrected chi connectivity index (χ4v) is 1.62. The first-order valence-electron chi connectivity index (χ1n) is 4.69. The molecule has 0 aliphatic rings. The molecule has 1 amide bonds. The second-order valence-electron chi connectivity index (χ2n) is 4.86. The highest BCUT2D eigenvalue weighted by molar-refractivity contribution is 7.98. The van der Waals surface area contributed by atoms with Gasteiger partial charge in [-0.1, -0.05) is 20.8 Å². The van der Waals surface area contributed by atoms with Crippen molar-refractivity contribution in [2.45, 2.75) is 33.3 Å². The zero-order valence-electron chi connectivity index (χ0n) is 9.68. The molecule has 0 rings (SSSR count). The zero-order valence-corrected chi connectivity index (χ0v) is 10.5. The van der Waals surface area contributed by atoms with Gasteiger partial charge in [0, 0.05) is 17.7 Å². The topological polar surface area (TPSA) is 49.3 Å². The smallest absolute Gasteiger partial charge is 0.225 e. The third kappa shape index (κ3) is 5.50. The molecule has 14 heavy (non-hydrogen) atoms. The molecule has 0 aliphatic heterocycles. The molecule has 0 aliphatic carbocycles. The molecule has 0 heterocycles. The van der Waals surface area contributed by atoms with Crippen LogP contribution >= 0.6 is 11.8 Å². The van der Waals surface area contributed by atoms with E-state index in [4.69, 9.17) is 0 Å². The van der Waals surface area contributed by atoms with Crippen LogP contribution in [0.15, 0.2) is 0 Å². The first-order valence-corrected chi connectivity index (χ1v) is 6.08. The third-order valence-electron chi connectivity index (χ3n) is 1.77. The van der Waals surface area contributed by atoms with Gasteiger partial charge < -0.3 is 10.4 Å². The van der Waals surface area contributed by atoms with Crippen molar-refractivity contribution >= 4 is 17.7 Å². The van der Waals surface area contributed by atoms with Gasteiger partial charge in [-0.2, -0.15) is 11.8 Å². The molecule has 0 aromatic carbocycles. The Bertz CT molecular complexity index is 197. The van der Waals surface area contributed by atoms with Crippen LogP contribution in [0, 0.1) is 5.41 Å². The number of nitrogens with one attached hydrogen (secondary N) is 1. The minimum absolute atomic E-state index is 0.0288. The predicted octanol–water partition coefficient (Wildman–Crippen LogP) is 1.26. The van der Waals surface area contributed by atoms with Crippen molar-refractivity contribution < 1.29 is 9.90 Å². The number of hydrogen-bond donors (Lipinski definition) is 2. The average molecular weight is 219 g/mol. The van der Waals surface area contributed by atoms with E-state index in [1.807, 2.05) is 27.0 Å². The van der Waals surface area contributed by atoms with E-state index < -0.39 is 11.0 Å². The maximum atomic E-state index is 11.5. The summed E-state index contributed by atoms with van der Waals surface area (Å²) in [6, 6.07) is 0. The molecule has 0 spiro atoms. The molecular formula is C10H21NO2S. The van der Waals surface area contributed by atoms with Crippen molar-refractivity contribution in [3.63, 3.8) is 0 Å². The molecule has 1 atom stereocenters. The van der Waals surface area contributed by atoms with Gasteiger partial charge in [0.15, 0.2) is 0 Å². The Morgan fingerprint density at radius 1 is 1.36 bits per heavy atom. The maximum Gasteiger partial charge on any atom is 0.225 e. The molecule has 84 valence electrons. The molecule has 0 radical (unpaired) electrons. The number of hydrogen-bond acceptors (Lipinski definition) is 3. The van der Waals surface area contributed by atoms with Crippen LogP contribution in [0.25, 0.3) is 0 Å². The Labute approximate surface area is 90.7 Å². The second kappa shape index (κ2) is 5.03. The average Bonchev–Trinajstić information content (AvgIpc) is 1.98. The van der Waals surface area contributed by atoms with Crippen LogP contribution in [0.2, 0.25) is 0 Å². The van der Waals surface area contributed by atoms with E-state index in [1.165, 1.54) is 0 Å². The van der Waals surface area contributed by atoms with Gasteiger partial charge in [-0.05, 0) is 13.2 Å². The molecule has 0 aromatic rings. The fourth-order valence-electron chi connectivity index (χ4n) is 0.898. The van der Waals surface area contributed by atoms with Gasteiger partial charge >= 0.3 is 0 Å². The Kier molecular flexibility index (Phi) is 4.95. The van der Waals surface area contributed by atoms with E-state index in [0.29, 0.717) is 12.3 Å². The summed E-state index contributed by atoms with van der Waals surface area (Å²) in [4.78, 5) is 11.5. The first kappa shape index (κ1) is 13.8. The largest absolute Gasteiger partial charge is 0.387 e. The van der Waals surface area contributed by atoms with Crippen molar-refractivity contribution in [1.82, 2.24) is 5.32 Å². The monoisotopic (exact) mass is 219 g/mol. The van der Waals surface area contributed by atoms with Crippen LogP contribution in [0.3, 0.4) is 0 Å².